The Bertz CT molecular complexity index is 410. The summed E-state index contributed by atoms with van der Waals surface area (Å²) in [5.41, 5.74) is -0.773. The molecule has 82 valence electrons. The van der Waals surface area contributed by atoms with Crippen LogP contribution >= 0.6 is 27.5 Å². The predicted octanol–water partition coefficient (Wildman–Crippen LogP) is 3.56. The van der Waals surface area contributed by atoms with E-state index in [2.05, 4.69) is 20.7 Å². The van der Waals surface area contributed by atoms with Crippen LogP contribution in [0.25, 0.3) is 0 Å². The van der Waals surface area contributed by atoms with Crippen molar-refractivity contribution in [2.75, 3.05) is 6.61 Å². The predicted molar refractivity (Wildman–Crippen MR) is 55.0 cm³/mol. The average Bonchev–Trinajstić information content (AvgIpc) is 2.15. The van der Waals surface area contributed by atoms with Crippen LogP contribution in [0.4, 0.5) is 8.78 Å². The highest BCUT2D eigenvalue weighted by atomic mass is 79.9. The maximum Gasteiger partial charge on any atom is 0.344 e. The molecular formula is C9H6BrClF2O2. The largest absolute Gasteiger partial charge is 0.462 e. The van der Waals surface area contributed by atoms with Crippen molar-refractivity contribution in [3.8, 4) is 0 Å². The number of benzene rings is 1. The molecule has 0 amide bonds. The van der Waals surface area contributed by atoms with Crippen LogP contribution in [0.1, 0.15) is 17.3 Å². The molecule has 0 aliphatic heterocycles. The van der Waals surface area contributed by atoms with Gasteiger partial charge in [-0.25, -0.2) is 13.6 Å². The summed E-state index contributed by atoms with van der Waals surface area (Å²) in [6, 6.07) is 0.914. The molecule has 1 aromatic rings. The summed E-state index contributed by atoms with van der Waals surface area (Å²) in [6.45, 7) is 1.57. The fraction of sp³-hybridized carbons (Fsp3) is 0.222. The van der Waals surface area contributed by atoms with Crippen molar-refractivity contribution in [1.29, 1.82) is 0 Å². The molecule has 15 heavy (non-hydrogen) atoms. The van der Waals surface area contributed by atoms with Gasteiger partial charge in [0.2, 0.25) is 0 Å². The van der Waals surface area contributed by atoms with Crippen LogP contribution in [-0.4, -0.2) is 12.6 Å². The first kappa shape index (κ1) is 12.4. The van der Waals surface area contributed by atoms with Gasteiger partial charge in [0.15, 0.2) is 5.82 Å². The highest BCUT2D eigenvalue weighted by Gasteiger charge is 2.23. The summed E-state index contributed by atoms with van der Waals surface area (Å²) < 4.78 is 31.2. The van der Waals surface area contributed by atoms with E-state index in [9.17, 15) is 13.6 Å². The van der Waals surface area contributed by atoms with Gasteiger partial charge in [0.25, 0.3) is 0 Å². The van der Waals surface area contributed by atoms with Crippen molar-refractivity contribution in [2.45, 2.75) is 6.92 Å². The number of ether oxygens (including phenoxy) is 1. The van der Waals surface area contributed by atoms with Gasteiger partial charge in [-0.15, -0.1) is 0 Å². The van der Waals surface area contributed by atoms with Crippen LogP contribution in [0, 0.1) is 11.6 Å². The van der Waals surface area contributed by atoms with Gasteiger partial charge in [0.05, 0.1) is 11.6 Å². The fourth-order valence-electron chi connectivity index (χ4n) is 0.957. The second-order valence-electron chi connectivity index (χ2n) is 2.56. The minimum absolute atomic E-state index is 0.0331. The van der Waals surface area contributed by atoms with Crippen molar-refractivity contribution < 1.29 is 18.3 Å². The summed E-state index contributed by atoms with van der Waals surface area (Å²) >= 11 is 8.36. The molecule has 0 aliphatic rings. The Morgan fingerprint density at radius 1 is 1.60 bits per heavy atom. The van der Waals surface area contributed by atoms with Gasteiger partial charge in [0.1, 0.15) is 11.4 Å². The second-order valence-corrected chi connectivity index (χ2v) is 3.80. The van der Waals surface area contributed by atoms with E-state index in [0.29, 0.717) is 0 Å². The van der Waals surface area contributed by atoms with Crippen LogP contribution < -0.4 is 0 Å². The molecule has 0 saturated carbocycles. The SMILES string of the molecule is CCOC(=O)c1c(F)cc(Br)c(Cl)c1F. The molecule has 6 heteroatoms. The van der Waals surface area contributed by atoms with E-state index in [4.69, 9.17) is 11.6 Å². The van der Waals surface area contributed by atoms with E-state index < -0.39 is 23.2 Å². The lowest BCUT2D eigenvalue weighted by atomic mass is 10.2. The fourth-order valence-corrected chi connectivity index (χ4v) is 1.48. The third-order valence-corrected chi connectivity index (χ3v) is 2.82. The van der Waals surface area contributed by atoms with Crippen LogP contribution in [-0.2, 0) is 4.74 Å². The Hall–Kier alpha value is -0.680. The minimum atomic E-state index is -1.12. The number of halogens is 4. The molecule has 0 bridgehead atoms. The van der Waals surface area contributed by atoms with E-state index in [1.165, 1.54) is 6.92 Å². The van der Waals surface area contributed by atoms with Crippen LogP contribution in [0.3, 0.4) is 0 Å². The topological polar surface area (TPSA) is 26.3 Å². The molecule has 0 heterocycles. The Kier molecular flexibility index (Phi) is 4.04. The zero-order valence-corrected chi connectivity index (χ0v) is 9.95. The van der Waals surface area contributed by atoms with Crippen molar-refractivity contribution in [2.24, 2.45) is 0 Å². The minimum Gasteiger partial charge on any atom is -0.462 e. The summed E-state index contributed by atoms with van der Waals surface area (Å²) in [4.78, 5) is 11.2. The van der Waals surface area contributed by atoms with E-state index in [1.54, 1.807) is 0 Å². The van der Waals surface area contributed by atoms with Crippen molar-refractivity contribution in [3.63, 3.8) is 0 Å². The highest BCUT2D eigenvalue weighted by Crippen LogP contribution is 2.30. The molecule has 1 rings (SSSR count). The smallest absolute Gasteiger partial charge is 0.344 e. The first-order valence-corrected chi connectivity index (χ1v) is 5.16. The first-order valence-electron chi connectivity index (χ1n) is 3.99. The third-order valence-electron chi connectivity index (χ3n) is 1.59. The Morgan fingerprint density at radius 3 is 2.73 bits per heavy atom. The zero-order valence-electron chi connectivity index (χ0n) is 7.61. The average molecular weight is 299 g/mol. The van der Waals surface area contributed by atoms with Crippen LogP contribution in [0.15, 0.2) is 10.5 Å². The lowest BCUT2D eigenvalue weighted by Gasteiger charge is -2.06. The number of hydrogen-bond donors (Lipinski definition) is 0. The molecule has 0 saturated heterocycles. The van der Waals surface area contributed by atoms with E-state index >= 15 is 0 Å². The number of esters is 1. The summed E-state index contributed by atoms with van der Waals surface area (Å²) in [5.74, 6) is -3.20. The molecular weight excluding hydrogens is 293 g/mol. The Morgan fingerprint density at radius 2 is 2.20 bits per heavy atom. The molecule has 1 aromatic carbocycles. The van der Waals surface area contributed by atoms with Crippen molar-refractivity contribution >= 4 is 33.5 Å². The molecule has 0 radical (unpaired) electrons. The lowest BCUT2D eigenvalue weighted by Crippen LogP contribution is -2.10. The normalized spacial score (nSPS) is 10.2. The Labute approximate surface area is 98.3 Å². The van der Waals surface area contributed by atoms with Gasteiger partial charge in [-0.05, 0) is 28.9 Å². The molecule has 0 aliphatic carbocycles. The molecule has 0 N–H and O–H groups in total. The molecule has 0 aromatic heterocycles. The molecule has 0 atom stereocenters. The van der Waals surface area contributed by atoms with Gasteiger partial charge in [-0.2, -0.15) is 0 Å². The van der Waals surface area contributed by atoms with E-state index in [-0.39, 0.29) is 16.1 Å². The van der Waals surface area contributed by atoms with Crippen molar-refractivity contribution in [3.05, 3.63) is 32.8 Å². The van der Waals surface area contributed by atoms with Gasteiger partial charge >= 0.3 is 5.97 Å². The molecule has 0 unspecified atom stereocenters. The van der Waals surface area contributed by atoms with E-state index in [1.807, 2.05) is 0 Å². The first-order chi connectivity index (χ1) is 6.99. The number of hydrogen-bond acceptors (Lipinski definition) is 2. The Balaban J connectivity index is 3.29. The van der Waals surface area contributed by atoms with Gasteiger partial charge < -0.3 is 4.74 Å². The number of carbonyl (C=O) groups is 1. The number of carbonyl (C=O) groups excluding carboxylic acids is 1. The molecule has 2 nitrogen and oxygen atoms in total. The van der Waals surface area contributed by atoms with Crippen molar-refractivity contribution in [1.82, 2.24) is 0 Å². The molecule has 0 fully saturated rings. The highest BCUT2D eigenvalue weighted by molar-refractivity contribution is 9.10. The van der Waals surface area contributed by atoms with Crippen LogP contribution in [0.5, 0.6) is 0 Å². The van der Waals surface area contributed by atoms with Gasteiger partial charge in [0, 0.05) is 4.47 Å². The maximum atomic E-state index is 13.4. The summed E-state index contributed by atoms with van der Waals surface area (Å²) in [7, 11) is 0. The van der Waals surface area contributed by atoms with E-state index in [0.717, 1.165) is 6.07 Å². The lowest BCUT2D eigenvalue weighted by molar-refractivity contribution is 0.0515. The quantitative estimate of drug-likeness (QED) is 0.474. The van der Waals surface area contributed by atoms with Gasteiger partial charge in [-0.1, -0.05) is 11.6 Å². The number of rotatable bonds is 2. The summed E-state index contributed by atoms with van der Waals surface area (Å²) in [5, 5.41) is -0.348. The summed E-state index contributed by atoms with van der Waals surface area (Å²) in [6.07, 6.45) is 0. The standard InChI is InChI=1S/C9H6BrClF2O2/c1-2-15-9(14)6-5(12)3-4(10)7(11)8(6)13/h3H,2H2,1H3. The third kappa shape index (κ3) is 2.46. The molecule has 0 spiro atoms. The van der Waals surface area contributed by atoms with Crippen LogP contribution in [0.2, 0.25) is 5.02 Å². The monoisotopic (exact) mass is 298 g/mol. The zero-order chi connectivity index (χ0) is 11.6. The maximum absolute atomic E-state index is 13.4. The second kappa shape index (κ2) is 4.90. The van der Waals surface area contributed by atoms with Gasteiger partial charge in [-0.3, -0.25) is 0 Å².